The fourth-order valence-corrected chi connectivity index (χ4v) is 6.43. The van der Waals surface area contributed by atoms with Gasteiger partial charge in [-0.1, -0.05) is 52.0 Å². The number of nitrogens with one attached hydrogen (secondary N) is 1. The molecule has 2 saturated heterocycles. The third-order valence-electron chi connectivity index (χ3n) is 7.74. The molecular weight excluding hydrogens is 500 g/mol. The summed E-state index contributed by atoms with van der Waals surface area (Å²) in [5, 5.41) is 13.4. The Balaban J connectivity index is 1.44. The molecule has 3 heterocycles. The largest absolute Gasteiger partial charge is 0.391 e. The Bertz CT molecular complexity index is 1150. The van der Waals surface area contributed by atoms with Gasteiger partial charge in [0.25, 0.3) is 0 Å². The third kappa shape index (κ3) is 6.10. The van der Waals surface area contributed by atoms with E-state index in [0.717, 1.165) is 28.1 Å². The molecule has 1 aromatic heterocycles. The Hall–Kier alpha value is -2.78. The number of aliphatic hydroxyl groups excluding tert-OH is 1. The minimum absolute atomic E-state index is 0.0247. The topological polar surface area (TPSA) is 103 Å². The first-order valence-electron chi connectivity index (χ1n) is 13.6. The number of carbonyl (C=O) groups is 3. The first-order chi connectivity index (χ1) is 18.1. The highest BCUT2D eigenvalue weighted by Gasteiger charge is 2.46. The van der Waals surface area contributed by atoms with Crippen molar-refractivity contribution in [2.75, 3.05) is 13.1 Å². The Labute approximate surface area is 229 Å². The van der Waals surface area contributed by atoms with E-state index in [1.165, 1.54) is 4.90 Å². The molecule has 4 rings (SSSR count). The molecule has 4 atom stereocenters. The average Bonchev–Trinajstić information content (AvgIpc) is 3.59. The lowest BCUT2D eigenvalue weighted by atomic mass is 9.94. The van der Waals surface area contributed by atoms with Crippen molar-refractivity contribution in [3.8, 4) is 10.4 Å². The van der Waals surface area contributed by atoms with Crippen LogP contribution < -0.4 is 5.32 Å². The SMILES string of the molecule is Cc1ncsc1-c1ccc(CNC(=O)C2CC(O)CN2C(=O)C(CC(C)C)N2CCC(C(C)C)C2=O)cc1. The molecular formula is C29H40N4O4S. The predicted molar refractivity (Wildman–Crippen MR) is 148 cm³/mol. The lowest BCUT2D eigenvalue weighted by molar-refractivity contribution is -0.148. The van der Waals surface area contributed by atoms with E-state index in [-0.39, 0.29) is 48.4 Å². The van der Waals surface area contributed by atoms with Gasteiger partial charge in [-0.25, -0.2) is 4.98 Å². The van der Waals surface area contributed by atoms with E-state index in [4.69, 9.17) is 0 Å². The zero-order valence-electron chi connectivity index (χ0n) is 23.0. The fourth-order valence-electron chi connectivity index (χ4n) is 5.62. The van der Waals surface area contributed by atoms with Crippen molar-refractivity contribution in [2.45, 2.75) is 78.6 Å². The van der Waals surface area contributed by atoms with Gasteiger partial charge in [-0.3, -0.25) is 14.4 Å². The molecule has 0 aliphatic carbocycles. The summed E-state index contributed by atoms with van der Waals surface area (Å²) >= 11 is 1.60. The number of benzene rings is 1. The molecule has 3 amide bonds. The molecule has 0 bridgehead atoms. The number of carbonyl (C=O) groups excluding carboxylic acids is 3. The summed E-state index contributed by atoms with van der Waals surface area (Å²) in [6.45, 7) is 11.1. The van der Waals surface area contributed by atoms with Crippen molar-refractivity contribution >= 4 is 29.1 Å². The fraction of sp³-hybridized carbons (Fsp3) is 0.586. The summed E-state index contributed by atoms with van der Waals surface area (Å²) in [7, 11) is 0. The number of rotatable bonds is 9. The molecule has 0 saturated carbocycles. The summed E-state index contributed by atoms with van der Waals surface area (Å²) < 4.78 is 0. The van der Waals surface area contributed by atoms with Gasteiger partial charge in [0.05, 0.1) is 22.2 Å². The highest BCUT2D eigenvalue weighted by Crippen LogP contribution is 2.31. The van der Waals surface area contributed by atoms with Crippen LogP contribution in [0.3, 0.4) is 0 Å². The van der Waals surface area contributed by atoms with Crippen LogP contribution in [0.1, 0.15) is 58.2 Å². The number of amides is 3. The van der Waals surface area contributed by atoms with Crippen LogP contribution in [0.2, 0.25) is 0 Å². The molecule has 206 valence electrons. The third-order valence-corrected chi connectivity index (χ3v) is 8.71. The van der Waals surface area contributed by atoms with E-state index in [0.29, 0.717) is 19.5 Å². The van der Waals surface area contributed by atoms with E-state index < -0.39 is 18.2 Å². The van der Waals surface area contributed by atoms with E-state index in [1.54, 1.807) is 16.2 Å². The minimum atomic E-state index is -0.769. The second-order valence-corrected chi connectivity index (χ2v) is 12.2. The summed E-state index contributed by atoms with van der Waals surface area (Å²) in [6, 6.07) is 6.61. The first kappa shape index (κ1) is 28.2. The standard InChI is InChI=1S/C29H40N4O4S/c1-17(2)12-25(32-11-10-23(18(3)4)28(32)36)29(37)33-15-22(34)13-24(33)27(35)30-14-20-6-8-21(9-7-20)26-19(5)31-16-38-26/h6-9,16-18,22-25,34H,10-15H2,1-5H3,(H,30,35). The number of likely N-dealkylation sites (tertiary alicyclic amines) is 2. The van der Waals surface area contributed by atoms with Crippen LogP contribution in [-0.2, 0) is 20.9 Å². The van der Waals surface area contributed by atoms with Crippen LogP contribution in [0.15, 0.2) is 29.8 Å². The molecule has 2 aliphatic rings. The monoisotopic (exact) mass is 540 g/mol. The van der Waals surface area contributed by atoms with E-state index in [9.17, 15) is 19.5 Å². The molecule has 0 spiro atoms. The molecule has 2 fully saturated rings. The van der Waals surface area contributed by atoms with E-state index in [1.807, 2.05) is 64.4 Å². The van der Waals surface area contributed by atoms with Gasteiger partial charge >= 0.3 is 0 Å². The number of thiazole rings is 1. The predicted octanol–water partition coefficient (Wildman–Crippen LogP) is 3.62. The zero-order chi connectivity index (χ0) is 27.6. The van der Waals surface area contributed by atoms with Crippen molar-refractivity contribution in [1.82, 2.24) is 20.1 Å². The molecule has 2 aliphatic heterocycles. The van der Waals surface area contributed by atoms with Gasteiger partial charge in [0.15, 0.2) is 0 Å². The number of nitrogens with zero attached hydrogens (tertiary/aromatic N) is 3. The van der Waals surface area contributed by atoms with Gasteiger partial charge in [-0.2, -0.15) is 0 Å². The molecule has 2 N–H and O–H groups in total. The Morgan fingerprint density at radius 3 is 2.47 bits per heavy atom. The summed E-state index contributed by atoms with van der Waals surface area (Å²) in [5.74, 6) is -0.157. The van der Waals surface area contributed by atoms with E-state index in [2.05, 4.69) is 10.3 Å². The summed E-state index contributed by atoms with van der Waals surface area (Å²) in [5.41, 5.74) is 4.85. The maximum Gasteiger partial charge on any atom is 0.246 e. The lowest BCUT2D eigenvalue weighted by Gasteiger charge is -2.34. The van der Waals surface area contributed by atoms with Crippen LogP contribution in [0.5, 0.6) is 0 Å². The smallest absolute Gasteiger partial charge is 0.246 e. The number of hydrogen-bond acceptors (Lipinski definition) is 6. The highest BCUT2D eigenvalue weighted by molar-refractivity contribution is 7.13. The zero-order valence-corrected chi connectivity index (χ0v) is 23.8. The molecule has 38 heavy (non-hydrogen) atoms. The second-order valence-electron chi connectivity index (χ2n) is 11.4. The van der Waals surface area contributed by atoms with Crippen molar-refractivity contribution in [2.24, 2.45) is 17.8 Å². The summed E-state index contributed by atoms with van der Waals surface area (Å²) in [6.07, 6.45) is 0.695. The number of aryl methyl sites for hydroxylation is 1. The quantitative estimate of drug-likeness (QED) is 0.506. The van der Waals surface area contributed by atoms with Gasteiger partial charge in [0.2, 0.25) is 17.7 Å². The van der Waals surface area contributed by atoms with Gasteiger partial charge < -0.3 is 20.2 Å². The molecule has 2 aromatic rings. The maximum atomic E-state index is 13.8. The normalized spacial score (nSPS) is 22.5. The number of hydrogen-bond donors (Lipinski definition) is 2. The van der Waals surface area contributed by atoms with Crippen LogP contribution in [0.25, 0.3) is 10.4 Å². The first-order valence-corrected chi connectivity index (χ1v) is 14.5. The van der Waals surface area contributed by atoms with Crippen molar-refractivity contribution < 1.29 is 19.5 Å². The number of aliphatic hydroxyl groups is 1. The number of aromatic nitrogens is 1. The number of β-amino-alcohol motifs (C(OH)–C–C–N with tert-alkyl or cyclic N) is 1. The molecule has 9 heteroatoms. The van der Waals surface area contributed by atoms with Crippen LogP contribution in [0, 0.1) is 24.7 Å². The van der Waals surface area contributed by atoms with Crippen molar-refractivity contribution in [1.29, 1.82) is 0 Å². The van der Waals surface area contributed by atoms with Crippen LogP contribution >= 0.6 is 11.3 Å². The van der Waals surface area contributed by atoms with Crippen molar-refractivity contribution in [3.05, 3.63) is 41.0 Å². The lowest BCUT2D eigenvalue weighted by Crippen LogP contribution is -2.54. The van der Waals surface area contributed by atoms with Gasteiger partial charge in [0.1, 0.15) is 12.1 Å². The molecule has 1 aromatic carbocycles. The van der Waals surface area contributed by atoms with Gasteiger partial charge in [-0.15, -0.1) is 11.3 Å². The van der Waals surface area contributed by atoms with Crippen LogP contribution in [-0.4, -0.2) is 68.9 Å². The Morgan fingerprint density at radius 1 is 1.18 bits per heavy atom. The Morgan fingerprint density at radius 2 is 1.89 bits per heavy atom. The van der Waals surface area contributed by atoms with Crippen LogP contribution in [0.4, 0.5) is 0 Å². The Kier molecular flexibility index (Phi) is 8.88. The van der Waals surface area contributed by atoms with Crippen molar-refractivity contribution in [3.63, 3.8) is 0 Å². The highest BCUT2D eigenvalue weighted by atomic mass is 32.1. The second kappa shape index (κ2) is 11.9. The molecule has 8 nitrogen and oxygen atoms in total. The van der Waals surface area contributed by atoms with Gasteiger partial charge in [0, 0.05) is 32.0 Å². The summed E-state index contributed by atoms with van der Waals surface area (Å²) in [4.78, 5) is 48.9. The average molecular weight is 541 g/mol. The maximum absolute atomic E-state index is 13.8. The molecule has 4 unspecified atom stereocenters. The van der Waals surface area contributed by atoms with E-state index >= 15 is 0 Å². The van der Waals surface area contributed by atoms with Gasteiger partial charge in [-0.05, 0) is 42.7 Å². The minimum Gasteiger partial charge on any atom is -0.391 e. The molecule has 0 radical (unpaired) electrons.